The molecule has 0 aromatic heterocycles. The van der Waals surface area contributed by atoms with Crippen LogP contribution in [0.4, 0.5) is 5.69 Å². The van der Waals surface area contributed by atoms with Crippen molar-refractivity contribution in [2.75, 3.05) is 0 Å². The first-order chi connectivity index (χ1) is 7.20. The third-order valence-corrected chi connectivity index (χ3v) is 2.36. The summed E-state index contributed by atoms with van der Waals surface area (Å²) in [6.45, 7) is 10.3. The fourth-order valence-corrected chi connectivity index (χ4v) is 1.60. The molecule has 0 atom stereocenters. The molecule has 0 aliphatic rings. The van der Waals surface area contributed by atoms with Crippen molar-refractivity contribution < 1.29 is 0 Å². The van der Waals surface area contributed by atoms with Gasteiger partial charge in [-0.15, -0.1) is 0 Å². The summed E-state index contributed by atoms with van der Waals surface area (Å²) >= 11 is 0. The summed E-state index contributed by atoms with van der Waals surface area (Å²) in [6.07, 6.45) is 4.80. The minimum absolute atomic E-state index is 0.509. The summed E-state index contributed by atoms with van der Waals surface area (Å²) in [4.78, 5) is 4.44. The Bertz CT molecular complexity index is 362. The van der Waals surface area contributed by atoms with Crippen LogP contribution in [0.2, 0.25) is 0 Å². The molecule has 0 bridgehead atoms. The van der Waals surface area contributed by atoms with Crippen molar-refractivity contribution in [2.45, 2.75) is 33.1 Å². The van der Waals surface area contributed by atoms with Crippen molar-refractivity contribution in [1.82, 2.24) is 0 Å². The van der Waals surface area contributed by atoms with E-state index in [0.717, 1.165) is 17.7 Å². The minimum Gasteiger partial charge on any atom is -0.261 e. The first kappa shape index (κ1) is 11.7. The van der Waals surface area contributed by atoms with Gasteiger partial charge in [-0.3, -0.25) is 4.99 Å². The molecule has 0 unspecified atom stereocenters. The van der Waals surface area contributed by atoms with E-state index in [1.54, 1.807) is 0 Å². The lowest BCUT2D eigenvalue weighted by Gasteiger charge is -2.11. The molecule has 1 nitrogen and oxygen atoms in total. The Balaban J connectivity index is 3.22. The Kier molecular flexibility index (Phi) is 4.29. The molecule has 0 amide bonds. The van der Waals surface area contributed by atoms with Gasteiger partial charge in [-0.05, 0) is 24.0 Å². The molecule has 80 valence electrons. The molecule has 1 rings (SSSR count). The lowest BCUT2D eigenvalue weighted by Crippen LogP contribution is -1.91. The highest BCUT2D eigenvalue weighted by atomic mass is 14.7. The minimum atomic E-state index is 0.509. The molecular formula is C14H19N. The molecule has 0 saturated carbocycles. The average molecular weight is 201 g/mol. The Morgan fingerprint density at radius 2 is 2.13 bits per heavy atom. The van der Waals surface area contributed by atoms with Crippen molar-refractivity contribution in [3.05, 3.63) is 35.9 Å². The van der Waals surface area contributed by atoms with Gasteiger partial charge in [0.1, 0.15) is 0 Å². The maximum absolute atomic E-state index is 4.44. The lowest BCUT2D eigenvalue weighted by atomic mass is 9.96. The first-order valence-electron chi connectivity index (χ1n) is 5.48. The van der Waals surface area contributed by atoms with E-state index in [1.165, 1.54) is 5.56 Å². The van der Waals surface area contributed by atoms with Crippen LogP contribution in [0.3, 0.4) is 0 Å². The molecule has 0 heterocycles. The molecule has 0 aliphatic heterocycles. The fraction of sp³-hybridized carbons (Fsp3) is 0.357. The van der Waals surface area contributed by atoms with Gasteiger partial charge in [-0.2, -0.15) is 0 Å². The molecule has 0 saturated heterocycles. The molecule has 0 radical (unpaired) electrons. The van der Waals surface area contributed by atoms with E-state index in [2.05, 4.69) is 44.5 Å². The first-order valence-corrected chi connectivity index (χ1v) is 5.48. The van der Waals surface area contributed by atoms with Gasteiger partial charge in [0.15, 0.2) is 0 Å². The van der Waals surface area contributed by atoms with Crippen LogP contribution in [-0.4, -0.2) is 6.21 Å². The Morgan fingerprint density at radius 3 is 2.67 bits per heavy atom. The summed E-state index contributed by atoms with van der Waals surface area (Å²) in [5.74, 6) is 0.509. The van der Waals surface area contributed by atoms with Crippen molar-refractivity contribution in [2.24, 2.45) is 4.99 Å². The predicted molar refractivity (Wildman–Crippen MR) is 69.1 cm³/mol. The van der Waals surface area contributed by atoms with E-state index in [4.69, 9.17) is 0 Å². The van der Waals surface area contributed by atoms with E-state index < -0.39 is 0 Å². The zero-order chi connectivity index (χ0) is 11.3. The second kappa shape index (κ2) is 5.50. The van der Waals surface area contributed by atoms with Gasteiger partial charge in [0.25, 0.3) is 0 Å². The van der Waals surface area contributed by atoms with E-state index in [9.17, 15) is 0 Å². The van der Waals surface area contributed by atoms with Crippen LogP contribution in [0, 0.1) is 0 Å². The monoisotopic (exact) mass is 201 g/mol. The number of hydrogen-bond acceptors (Lipinski definition) is 1. The molecule has 15 heavy (non-hydrogen) atoms. The summed E-state index contributed by atoms with van der Waals surface area (Å²) in [6, 6.07) is 6.24. The van der Waals surface area contributed by atoms with E-state index in [1.807, 2.05) is 18.4 Å². The van der Waals surface area contributed by atoms with Gasteiger partial charge in [0, 0.05) is 11.8 Å². The number of benzene rings is 1. The van der Waals surface area contributed by atoms with Crippen LogP contribution >= 0.6 is 0 Å². The molecule has 1 aromatic carbocycles. The van der Waals surface area contributed by atoms with Crippen LogP contribution in [0.5, 0.6) is 0 Å². The Labute approximate surface area is 92.6 Å². The highest BCUT2D eigenvalue weighted by molar-refractivity contribution is 5.72. The van der Waals surface area contributed by atoms with Crippen LogP contribution in [0.25, 0.3) is 6.08 Å². The van der Waals surface area contributed by atoms with Crippen LogP contribution in [0.1, 0.15) is 44.2 Å². The normalized spacial score (nSPS) is 11.2. The van der Waals surface area contributed by atoms with Crippen molar-refractivity contribution in [3.63, 3.8) is 0 Å². The average Bonchev–Trinajstić information content (AvgIpc) is 2.25. The van der Waals surface area contributed by atoms with Gasteiger partial charge in [-0.1, -0.05) is 45.6 Å². The second-order valence-electron chi connectivity index (χ2n) is 3.86. The topological polar surface area (TPSA) is 12.4 Å². The Hall–Kier alpha value is -1.37. The van der Waals surface area contributed by atoms with Gasteiger partial charge >= 0.3 is 0 Å². The van der Waals surface area contributed by atoms with Crippen LogP contribution in [0.15, 0.2) is 29.8 Å². The number of nitrogens with zero attached hydrogens (tertiary/aromatic N) is 1. The standard InChI is InChI=1S/C14H19N/c1-5-10-15-14-9-7-8-13(11(3)4)12(14)6-2/h6-11H,2,5H2,1,3-4H3/b15-10-. The quantitative estimate of drug-likeness (QED) is 0.633. The number of aliphatic imine (C=N–C) groups is 1. The van der Waals surface area contributed by atoms with Gasteiger partial charge < -0.3 is 0 Å². The molecular weight excluding hydrogens is 182 g/mol. The van der Waals surface area contributed by atoms with Gasteiger partial charge in [-0.25, -0.2) is 0 Å². The van der Waals surface area contributed by atoms with Crippen molar-refractivity contribution in [1.29, 1.82) is 0 Å². The lowest BCUT2D eigenvalue weighted by molar-refractivity contribution is 0.864. The van der Waals surface area contributed by atoms with Gasteiger partial charge in [0.05, 0.1) is 5.69 Å². The second-order valence-corrected chi connectivity index (χ2v) is 3.86. The summed E-state index contributed by atoms with van der Waals surface area (Å²) in [5, 5.41) is 0. The molecule has 0 aliphatic carbocycles. The highest BCUT2D eigenvalue weighted by Gasteiger charge is 2.06. The summed E-state index contributed by atoms with van der Waals surface area (Å²) < 4.78 is 0. The van der Waals surface area contributed by atoms with Crippen molar-refractivity contribution >= 4 is 18.0 Å². The molecule has 0 spiro atoms. The molecule has 1 heteroatoms. The largest absolute Gasteiger partial charge is 0.261 e. The molecule has 1 aromatic rings. The number of rotatable bonds is 4. The highest BCUT2D eigenvalue weighted by Crippen LogP contribution is 2.28. The van der Waals surface area contributed by atoms with E-state index in [-0.39, 0.29) is 0 Å². The zero-order valence-corrected chi connectivity index (χ0v) is 9.83. The Morgan fingerprint density at radius 1 is 1.40 bits per heavy atom. The third kappa shape index (κ3) is 2.79. The third-order valence-electron chi connectivity index (χ3n) is 2.36. The molecule has 0 fully saturated rings. The number of hydrogen-bond donors (Lipinski definition) is 0. The maximum Gasteiger partial charge on any atom is 0.0700 e. The SMILES string of the molecule is C=Cc1c(/N=C\CC)cccc1C(C)C. The van der Waals surface area contributed by atoms with Gasteiger partial charge in [0.2, 0.25) is 0 Å². The van der Waals surface area contributed by atoms with Crippen LogP contribution in [-0.2, 0) is 0 Å². The maximum atomic E-state index is 4.44. The summed E-state index contributed by atoms with van der Waals surface area (Å²) in [7, 11) is 0. The fourth-order valence-electron chi connectivity index (χ4n) is 1.60. The molecule has 0 N–H and O–H groups in total. The summed E-state index contributed by atoms with van der Waals surface area (Å²) in [5.41, 5.74) is 3.51. The zero-order valence-electron chi connectivity index (χ0n) is 9.83. The van der Waals surface area contributed by atoms with E-state index >= 15 is 0 Å². The van der Waals surface area contributed by atoms with Crippen molar-refractivity contribution in [3.8, 4) is 0 Å². The predicted octanol–water partition coefficient (Wildman–Crippen LogP) is 4.57. The van der Waals surface area contributed by atoms with Crippen LogP contribution < -0.4 is 0 Å². The van der Waals surface area contributed by atoms with E-state index in [0.29, 0.717) is 5.92 Å². The smallest absolute Gasteiger partial charge is 0.0700 e.